The monoisotopic (exact) mass is 520 g/mol. The molecule has 1 aliphatic heterocycles. The smallest absolute Gasteiger partial charge is 0.203 e. The normalized spacial score (nSPS) is 14.5. The lowest BCUT2D eigenvalue weighted by atomic mass is 9.92. The first-order valence-corrected chi connectivity index (χ1v) is 12.2. The summed E-state index contributed by atoms with van der Waals surface area (Å²) in [6, 6.07) is 1.96. The number of rotatable bonds is 5. The molecule has 2 aromatic carbocycles. The average molecular weight is 521 g/mol. The molecular formula is C30H32O8. The Labute approximate surface area is 220 Å². The lowest BCUT2D eigenvalue weighted by Crippen LogP contribution is -2.28. The highest BCUT2D eigenvalue weighted by atomic mass is 16.5. The third-order valence-corrected chi connectivity index (χ3v) is 6.29. The molecule has 0 saturated heterocycles. The highest BCUT2D eigenvalue weighted by Crippen LogP contribution is 2.47. The van der Waals surface area contributed by atoms with Crippen molar-refractivity contribution in [2.45, 2.75) is 59.7 Å². The number of phenols is 4. The molecule has 200 valence electrons. The lowest BCUT2D eigenvalue weighted by Gasteiger charge is -2.30. The van der Waals surface area contributed by atoms with Gasteiger partial charge in [0.15, 0.2) is 11.5 Å². The molecule has 0 fully saturated rings. The quantitative estimate of drug-likeness (QED) is 0.157. The van der Waals surface area contributed by atoms with Gasteiger partial charge >= 0.3 is 0 Å². The molecule has 0 amide bonds. The van der Waals surface area contributed by atoms with Gasteiger partial charge in [-0.15, -0.1) is 0 Å². The lowest BCUT2D eigenvalue weighted by molar-refractivity contribution is 0.157. The zero-order chi connectivity index (χ0) is 28.1. The maximum atomic E-state index is 14.0. The number of aromatic hydroxyl groups is 4. The molecule has 4 rings (SSSR count). The van der Waals surface area contributed by atoms with Crippen molar-refractivity contribution < 1.29 is 34.7 Å². The summed E-state index contributed by atoms with van der Waals surface area (Å²) < 4.78 is 12.5. The van der Waals surface area contributed by atoms with E-state index >= 15 is 0 Å². The van der Waals surface area contributed by atoms with E-state index in [2.05, 4.69) is 0 Å². The minimum Gasteiger partial charge on any atom is -0.507 e. The first kappa shape index (κ1) is 26.9. The Morgan fingerprint density at radius 1 is 1.00 bits per heavy atom. The summed E-state index contributed by atoms with van der Waals surface area (Å²) >= 11 is 0. The van der Waals surface area contributed by atoms with Crippen molar-refractivity contribution in [3.05, 3.63) is 68.4 Å². The summed E-state index contributed by atoms with van der Waals surface area (Å²) in [5, 5.41) is 52.9. The van der Waals surface area contributed by atoms with Crippen LogP contribution in [0.5, 0.6) is 28.7 Å². The van der Waals surface area contributed by atoms with Crippen LogP contribution in [-0.2, 0) is 6.42 Å². The Balaban J connectivity index is 2.23. The molecule has 0 aliphatic carbocycles. The second kappa shape index (κ2) is 9.61. The summed E-state index contributed by atoms with van der Waals surface area (Å²) in [4.78, 5) is 14.0. The number of hydrogen-bond acceptors (Lipinski definition) is 8. The first-order chi connectivity index (χ1) is 17.7. The Kier molecular flexibility index (Phi) is 6.80. The Hall–Kier alpha value is -4.17. The number of allylic oxidation sites excluding steroid dienone is 3. The predicted molar refractivity (Wildman–Crippen MR) is 146 cm³/mol. The molecule has 38 heavy (non-hydrogen) atoms. The second-order valence-electron chi connectivity index (χ2n) is 10.5. The van der Waals surface area contributed by atoms with Gasteiger partial charge in [0.2, 0.25) is 5.43 Å². The van der Waals surface area contributed by atoms with E-state index in [1.807, 2.05) is 33.8 Å². The molecular weight excluding hydrogens is 488 g/mol. The minimum atomic E-state index is -1.46. The number of benzene rings is 2. The van der Waals surface area contributed by atoms with E-state index in [9.17, 15) is 30.3 Å². The number of fused-ring (bicyclic) bond motifs is 2. The SMILES string of the molecule is CC(C)=CCc1c2c(c(O)c3c(=O)c([C@@H](O)C=C(C)C)c(-c4cc(O)c(O)cc4O)oc13)C=CC(C)(C)O2. The van der Waals surface area contributed by atoms with Crippen LogP contribution in [0, 0.1) is 0 Å². The van der Waals surface area contributed by atoms with E-state index in [1.54, 1.807) is 26.0 Å². The first-order valence-electron chi connectivity index (χ1n) is 12.2. The molecule has 5 N–H and O–H groups in total. The van der Waals surface area contributed by atoms with Gasteiger partial charge in [-0.25, -0.2) is 0 Å². The van der Waals surface area contributed by atoms with Gasteiger partial charge in [0, 0.05) is 11.6 Å². The van der Waals surface area contributed by atoms with Crippen LogP contribution in [-0.4, -0.2) is 31.1 Å². The van der Waals surface area contributed by atoms with Gasteiger partial charge in [-0.2, -0.15) is 0 Å². The van der Waals surface area contributed by atoms with E-state index in [1.165, 1.54) is 6.08 Å². The summed E-state index contributed by atoms with van der Waals surface area (Å²) in [6.45, 7) is 11.0. The van der Waals surface area contributed by atoms with Crippen LogP contribution < -0.4 is 10.2 Å². The molecule has 0 saturated carbocycles. The van der Waals surface area contributed by atoms with E-state index in [0.29, 0.717) is 28.9 Å². The van der Waals surface area contributed by atoms with Gasteiger partial charge in [-0.05, 0) is 66.2 Å². The minimum absolute atomic E-state index is 0.0185. The Morgan fingerprint density at radius 2 is 1.66 bits per heavy atom. The van der Waals surface area contributed by atoms with Gasteiger partial charge in [0.25, 0.3) is 0 Å². The molecule has 8 heteroatoms. The van der Waals surface area contributed by atoms with Crippen LogP contribution in [0.1, 0.15) is 64.3 Å². The fourth-order valence-electron chi connectivity index (χ4n) is 4.44. The zero-order valence-electron chi connectivity index (χ0n) is 22.2. The maximum Gasteiger partial charge on any atom is 0.203 e. The van der Waals surface area contributed by atoms with Gasteiger partial charge in [0.1, 0.15) is 45.7 Å². The molecule has 1 aliphatic rings. The summed E-state index contributed by atoms with van der Waals surface area (Å²) in [5.74, 6) is -1.84. The number of hydrogen-bond donors (Lipinski definition) is 5. The van der Waals surface area contributed by atoms with Gasteiger partial charge < -0.3 is 34.7 Å². The van der Waals surface area contributed by atoms with Crippen LogP contribution in [0.15, 0.2) is 50.7 Å². The van der Waals surface area contributed by atoms with Crippen molar-refractivity contribution in [1.29, 1.82) is 0 Å². The van der Waals surface area contributed by atoms with Crippen LogP contribution >= 0.6 is 0 Å². The van der Waals surface area contributed by atoms with Crippen LogP contribution in [0.4, 0.5) is 0 Å². The highest BCUT2D eigenvalue weighted by Gasteiger charge is 2.33. The topological polar surface area (TPSA) is 141 Å². The van der Waals surface area contributed by atoms with Crippen molar-refractivity contribution in [3.63, 3.8) is 0 Å². The summed E-state index contributed by atoms with van der Waals surface area (Å²) in [7, 11) is 0. The van der Waals surface area contributed by atoms with Crippen molar-refractivity contribution in [1.82, 2.24) is 0 Å². The van der Waals surface area contributed by atoms with Crippen molar-refractivity contribution in [3.8, 4) is 40.1 Å². The van der Waals surface area contributed by atoms with Crippen molar-refractivity contribution in [2.75, 3.05) is 0 Å². The largest absolute Gasteiger partial charge is 0.507 e. The van der Waals surface area contributed by atoms with Gasteiger partial charge in [0.05, 0.1) is 16.7 Å². The van der Waals surface area contributed by atoms with Crippen molar-refractivity contribution >= 4 is 17.0 Å². The maximum absolute atomic E-state index is 14.0. The molecule has 0 radical (unpaired) electrons. The van der Waals surface area contributed by atoms with Crippen LogP contribution in [0.3, 0.4) is 0 Å². The number of phenolic OH excluding ortho intramolecular Hbond substituents is 4. The third-order valence-electron chi connectivity index (χ3n) is 6.29. The third kappa shape index (κ3) is 4.75. The molecule has 0 unspecified atom stereocenters. The Morgan fingerprint density at radius 3 is 2.29 bits per heavy atom. The Bertz CT molecular complexity index is 1590. The standard InChI is InChI=1S/C30H32O8/c1-14(2)7-8-17-27-16(9-10-30(5,6)38-27)25(35)24-26(36)23(22(34)11-15(3)4)29(37-28(17)24)18-12-20(32)21(33)13-19(18)31/h7,9-13,22,31-35H,8H2,1-6H3/t22-/m0/s1. The fourth-order valence-corrected chi connectivity index (χ4v) is 4.44. The molecule has 3 aromatic rings. The molecule has 8 nitrogen and oxygen atoms in total. The summed E-state index contributed by atoms with van der Waals surface area (Å²) in [5.41, 5.74) is 0.766. The number of ether oxygens (including phenoxy) is 1. The van der Waals surface area contributed by atoms with E-state index < -0.39 is 34.4 Å². The van der Waals surface area contributed by atoms with Crippen molar-refractivity contribution in [2.24, 2.45) is 0 Å². The van der Waals surface area contributed by atoms with Gasteiger partial charge in [-0.3, -0.25) is 4.79 Å². The van der Waals surface area contributed by atoms with E-state index in [-0.39, 0.29) is 33.6 Å². The molecule has 0 bridgehead atoms. The van der Waals surface area contributed by atoms with E-state index in [0.717, 1.165) is 17.7 Å². The molecule has 0 spiro atoms. The number of aliphatic hydroxyl groups excluding tert-OH is 1. The summed E-state index contributed by atoms with van der Waals surface area (Å²) in [6.07, 6.45) is 5.67. The van der Waals surface area contributed by atoms with Crippen LogP contribution in [0.25, 0.3) is 28.4 Å². The predicted octanol–water partition coefficient (Wildman–Crippen LogP) is 5.97. The molecule has 1 atom stereocenters. The van der Waals surface area contributed by atoms with E-state index in [4.69, 9.17) is 9.15 Å². The fraction of sp³-hybridized carbons (Fsp3) is 0.300. The molecule has 1 aromatic heterocycles. The average Bonchev–Trinajstić information content (AvgIpc) is 2.79. The van der Waals surface area contributed by atoms with Gasteiger partial charge in [-0.1, -0.05) is 23.3 Å². The zero-order valence-corrected chi connectivity index (χ0v) is 22.2. The second-order valence-corrected chi connectivity index (χ2v) is 10.5. The molecule has 2 heterocycles. The number of aliphatic hydroxyl groups is 1. The van der Waals surface area contributed by atoms with Crippen LogP contribution in [0.2, 0.25) is 0 Å². The highest BCUT2D eigenvalue weighted by molar-refractivity contribution is 5.96.